The molecule has 3 rings (SSSR count). The third-order valence-corrected chi connectivity index (χ3v) is 5.59. The number of hydrogen-bond acceptors (Lipinski definition) is 5. The minimum Gasteiger partial charge on any atom is -0.497 e. The number of aliphatic hydroxyl groups is 1. The summed E-state index contributed by atoms with van der Waals surface area (Å²) in [6.45, 7) is 5.54. The molecule has 0 radical (unpaired) electrons. The van der Waals surface area contributed by atoms with Crippen molar-refractivity contribution in [2.45, 2.75) is 37.0 Å². The number of aliphatic hydroxyl groups excluding tert-OH is 1. The van der Waals surface area contributed by atoms with Crippen LogP contribution in [0.25, 0.3) is 0 Å². The monoisotopic (exact) mass is 403 g/mol. The standard InChI is InChI=1S/C20H23NO4S.C2H6/c1-24-16-6-8-18(9-7-16)26-19-10-11-21(12-19)20(23)14-25-17-4-2-15(13-22)3-5-17;1-2/h2-9,19,22H,10-14H2,1H3;1-2H3. The highest BCUT2D eigenvalue weighted by molar-refractivity contribution is 8.00. The summed E-state index contributed by atoms with van der Waals surface area (Å²) in [5, 5.41) is 9.44. The lowest BCUT2D eigenvalue weighted by Crippen LogP contribution is -2.33. The van der Waals surface area contributed by atoms with Gasteiger partial charge in [-0.05, 0) is 48.4 Å². The molecule has 1 aliphatic rings. The number of hydrogen-bond donors (Lipinski definition) is 1. The molecule has 0 saturated carbocycles. The van der Waals surface area contributed by atoms with Gasteiger partial charge in [0.25, 0.3) is 5.91 Å². The number of likely N-dealkylation sites (tertiary alicyclic amines) is 1. The zero-order valence-electron chi connectivity index (χ0n) is 16.8. The molecule has 1 atom stereocenters. The fourth-order valence-electron chi connectivity index (χ4n) is 2.83. The van der Waals surface area contributed by atoms with Gasteiger partial charge in [0.1, 0.15) is 11.5 Å². The molecule has 5 nitrogen and oxygen atoms in total. The highest BCUT2D eigenvalue weighted by Gasteiger charge is 2.27. The largest absolute Gasteiger partial charge is 0.497 e. The molecule has 28 heavy (non-hydrogen) atoms. The Morgan fingerprint density at radius 2 is 1.75 bits per heavy atom. The van der Waals surface area contributed by atoms with E-state index < -0.39 is 0 Å². The van der Waals surface area contributed by atoms with Crippen molar-refractivity contribution >= 4 is 17.7 Å². The fraction of sp³-hybridized carbons (Fsp3) is 0.409. The molecule has 6 heteroatoms. The molecule has 152 valence electrons. The van der Waals surface area contributed by atoms with E-state index in [-0.39, 0.29) is 19.1 Å². The summed E-state index contributed by atoms with van der Waals surface area (Å²) in [6, 6.07) is 15.1. The first-order valence-corrected chi connectivity index (χ1v) is 10.5. The Kier molecular flexibility index (Phi) is 9.17. The number of thioether (sulfide) groups is 1. The van der Waals surface area contributed by atoms with Crippen molar-refractivity contribution in [3.8, 4) is 11.5 Å². The first-order chi connectivity index (χ1) is 13.7. The van der Waals surface area contributed by atoms with Crippen LogP contribution in [-0.2, 0) is 11.4 Å². The van der Waals surface area contributed by atoms with Gasteiger partial charge in [0.2, 0.25) is 0 Å². The summed E-state index contributed by atoms with van der Waals surface area (Å²) in [7, 11) is 1.66. The van der Waals surface area contributed by atoms with Gasteiger partial charge in [-0.15, -0.1) is 11.8 Å². The van der Waals surface area contributed by atoms with Crippen molar-refractivity contribution in [1.29, 1.82) is 0 Å². The van der Waals surface area contributed by atoms with Crippen LogP contribution in [0.4, 0.5) is 0 Å². The molecule has 0 aliphatic carbocycles. The van der Waals surface area contributed by atoms with Crippen molar-refractivity contribution in [1.82, 2.24) is 4.90 Å². The minimum atomic E-state index is 0.000237. The van der Waals surface area contributed by atoms with Crippen LogP contribution in [0.1, 0.15) is 25.8 Å². The Balaban J connectivity index is 0.00000136. The Labute approximate surface area is 171 Å². The maximum absolute atomic E-state index is 12.4. The van der Waals surface area contributed by atoms with E-state index in [4.69, 9.17) is 14.6 Å². The Hall–Kier alpha value is -2.18. The highest BCUT2D eigenvalue weighted by Crippen LogP contribution is 2.30. The lowest BCUT2D eigenvalue weighted by Gasteiger charge is -2.17. The van der Waals surface area contributed by atoms with Crippen molar-refractivity contribution in [3.63, 3.8) is 0 Å². The maximum atomic E-state index is 12.4. The third kappa shape index (κ3) is 6.46. The summed E-state index contributed by atoms with van der Waals surface area (Å²) < 4.78 is 10.7. The second kappa shape index (κ2) is 11.6. The first-order valence-electron chi connectivity index (χ1n) is 9.59. The van der Waals surface area contributed by atoms with Gasteiger partial charge in [-0.3, -0.25) is 4.79 Å². The molecule has 1 heterocycles. The van der Waals surface area contributed by atoms with Gasteiger partial charge in [-0.2, -0.15) is 0 Å². The molecule has 0 bridgehead atoms. The van der Waals surface area contributed by atoms with Crippen LogP contribution >= 0.6 is 11.8 Å². The molecule has 2 aromatic rings. The lowest BCUT2D eigenvalue weighted by atomic mass is 10.2. The van der Waals surface area contributed by atoms with Crippen molar-refractivity contribution in [2.24, 2.45) is 0 Å². The fourth-order valence-corrected chi connectivity index (χ4v) is 3.98. The Bertz CT molecular complexity index is 718. The average Bonchev–Trinajstić information content (AvgIpc) is 3.23. The lowest BCUT2D eigenvalue weighted by molar-refractivity contribution is -0.132. The van der Waals surface area contributed by atoms with Crippen LogP contribution in [0, 0.1) is 0 Å². The maximum Gasteiger partial charge on any atom is 0.260 e. The minimum absolute atomic E-state index is 0.000237. The molecule has 1 N–H and O–H groups in total. The van der Waals surface area contributed by atoms with Gasteiger partial charge >= 0.3 is 0 Å². The van der Waals surface area contributed by atoms with Crippen LogP contribution in [0.3, 0.4) is 0 Å². The number of amides is 1. The zero-order chi connectivity index (χ0) is 20.4. The number of ether oxygens (including phenoxy) is 2. The number of nitrogens with zero attached hydrogens (tertiary/aromatic N) is 1. The number of methoxy groups -OCH3 is 1. The van der Waals surface area contributed by atoms with Crippen LogP contribution in [0.15, 0.2) is 53.4 Å². The van der Waals surface area contributed by atoms with Gasteiger partial charge in [-0.1, -0.05) is 26.0 Å². The van der Waals surface area contributed by atoms with E-state index in [1.807, 2.05) is 43.0 Å². The quantitative estimate of drug-likeness (QED) is 0.758. The van der Waals surface area contributed by atoms with Crippen molar-refractivity contribution in [3.05, 3.63) is 54.1 Å². The zero-order valence-corrected chi connectivity index (χ0v) is 17.6. The van der Waals surface area contributed by atoms with Crippen LogP contribution in [0.2, 0.25) is 0 Å². The molecule has 1 amide bonds. The van der Waals surface area contributed by atoms with Crippen LogP contribution in [0.5, 0.6) is 11.5 Å². The molecule has 1 unspecified atom stereocenters. The molecule has 1 saturated heterocycles. The molecule has 1 fully saturated rings. The van der Waals surface area contributed by atoms with E-state index in [1.165, 1.54) is 4.90 Å². The van der Waals surface area contributed by atoms with Gasteiger partial charge in [0.15, 0.2) is 6.61 Å². The van der Waals surface area contributed by atoms with Gasteiger partial charge in [0.05, 0.1) is 13.7 Å². The Morgan fingerprint density at radius 1 is 1.11 bits per heavy atom. The van der Waals surface area contributed by atoms with Crippen molar-refractivity contribution in [2.75, 3.05) is 26.8 Å². The summed E-state index contributed by atoms with van der Waals surface area (Å²) in [5.41, 5.74) is 0.821. The SMILES string of the molecule is CC.COc1ccc(SC2CCN(C(=O)COc3ccc(CO)cc3)C2)cc1. The summed E-state index contributed by atoms with van der Waals surface area (Å²) in [6.07, 6.45) is 0.980. The number of rotatable bonds is 7. The second-order valence-electron chi connectivity index (χ2n) is 6.13. The van der Waals surface area contributed by atoms with Crippen LogP contribution in [-0.4, -0.2) is 48.0 Å². The van der Waals surface area contributed by atoms with E-state index in [9.17, 15) is 4.79 Å². The molecule has 0 aromatic heterocycles. The number of carbonyl (C=O) groups is 1. The highest BCUT2D eigenvalue weighted by atomic mass is 32.2. The summed E-state index contributed by atoms with van der Waals surface area (Å²) >= 11 is 1.80. The van der Waals surface area contributed by atoms with E-state index in [1.54, 1.807) is 43.1 Å². The number of carbonyl (C=O) groups excluding carboxylic acids is 1. The van der Waals surface area contributed by atoms with E-state index in [0.717, 1.165) is 30.8 Å². The van der Waals surface area contributed by atoms with E-state index in [0.29, 0.717) is 11.0 Å². The van der Waals surface area contributed by atoms with Gasteiger partial charge < -0.3 is 19.5 Å². The molecular weight excluding hydrogens is 374 g/mol. The smallest absolute Gasteiger partial charge is 0.260 e. The average molecular weight is 404 g/mol. The molecule has 0 spiro atoms. The number of benzene rings is 2. The van der Waals surface area contributed by atoms with Gasteiger partial charge in [-0.25, -0.2) is 0 Å². The van der Waals surface area contributed by atoms with Gasteiger partial charge in [0, 0.05) is 23.2 Å². The van der Waals surface area contributed by atoms with Crippen LogP contribution < -0.4 is 9.47 Å². The third-order valence-electron chi connectivity index (χ3n) is 4.33. The Morgan fingerprint density at radius 3 is 2.36 bits per heavy atom. The van der Waals surface area contributed by atoms with E-state index >= 15 is 0 Å². The first kappa shape index (κ1) is 22.1. The van der Waals surface area contributed by atoms with Crippen molar-refractivity contribution < 1.29 is 19.4 Å². The molecular formula is C22H29NO4S. The topological polar surface area (TPSA) is 59.0 Å². The second-order valence-corrected chi connectivity index (χ2v) is 7.51. The summed E-state index contributed by atoms with van der Waals surface area (Å²) in [4.78, 5) is 15.4. The molecule has 2 aromatic carbocycles. The summed E-state index contributed by atoms with van der Waals surface area (Å²) in [5.74, 6) is 1.50. The molecule has 1 aliphatic heterocycles. The predicted molar refractivity (Wildman–Crippen MR) is 113 cm³/mol. The van der Waals surface area contributed by atoms with E-state index in [2.05, 4.69) is 0 Å². The predicted octanol–water partition coefficient (Wildman–Crippen LogP) is 3.99. The normalized spacial score (nSPS) is 15.6.